The van der Waals surface area contributed by atoms with Crippen molar-refractivity contribution in [3.05, 3.63) is 23.9 Å². The Labute approximate surface area is 189 Å². The Bertz CT molecular complexity index is 1010. The second-order valence-corrected chi connectivity index (χ2v) is 11.2. The molecule has 0 amide bonds. The molecule has 1 saturated carbocycles. The molecule has 0 radical (unpaired) electrons. The topological polar surface area (TPSA) is 83.6 Å². The van der Waals surface area contributed by atoms with Gasteiger partial charge in [0, 0.05) is 25.7 Å². The predicted octanol–water partition coefficient (Wildman–Crippen LogP) is 3.54. The minimum atomic E-state index is -3.70. The molecule has 2 aromatic rings. The van der Waals surface area contributed by atoms with Crippen molar-refractivity contribution in [3.8, 4) is 16.2 Å². The lowest BCUT2D eigenvalue weighted by Crippen LogP contribution is -2.36. The van der Waals surface area contributed by atoms with E-state index in [1.165, 1.54) is 39.2 Å². The van der Waals surface area contributed by atoms with Crippen LogP contribution in [-0.4, -0.2) is 52.7 Å². The predicted molar refractivity (Wildman–Crippen MR) is 126 cm³/mol. The van der Waals surface area contributed by atoms with Crippen molar-refractivity contribution in [2.24, 2.45) is 0 Å². The number of hydrogen-bond acceptors (Lipinski definition) is 7. The van der Waals surface area contributed by atoms with Gasteiger partial charge >= 0.3 is 0 Å². The maximum atomic E-state index is 13.1. The Morgan fingerprint density at radius 3 is 2.68 bits per heavy atom. The summed E-state index contributed by atoms with van der Waals surface area (Å²) in [4.78, 5) is 8.30. The highest BCUT2D eigenvalue weighted by atomic mass is 32.2. The van der Waals surface area contributed by atoms with Crippen molar-refractivity contribution in [1.29, 1.82) is 0 Å². The van der Waals surface area contributed by atoms with E-state index in [0.717, 1.165) is 34.2 Å². The van der Waals surface area contributed by atoms with Gasteiger partial charge in [-0.25, -0.2) is 18.1 Å². The zero-order valence-corrected chi connectivity index (χ0v) is 20.1. The average molecular weight is 465 g/mol. The van der Waals surface area contributed by atoms with Crippen LogP contribution in [0.15, 0.2) is 23.1 Å². The first-order chi connectivity index (χ1) is 14.9. The zero-order chi connectivity index (χ0) is 22.0. The largest absolute Gasteiger partial charge is 0.495 e. The van der Waals surface area contributed by atoms with Gasteiger partial charge in [0.15, 0.2) is 5.13 Å². The maximum absolute atomic E-state index is 13.1. The van der Waals surface area contributed by atoms with Gasteiger partial charge in [-0.05, 0) is 56.5 Å². The smallest absolute Gasteiger partial charge is 0.244 e. The van der Waals surface area contributed by atoms with Crippen LogP contribution in [0.4, 0.5) is 5.13 Å². The molecule has 1 aliphatic carbocycles. The first kappa shape index (κ1) is 22.5. The summed E-state index contributed by atoms with van der Waals surface area (Å²) >= 11 is 1.63. The van der Waals surface area contributed by atoms with Crippen molar-refractivity contribution >= 4 is 26.5 Å². The quantitative estimate of drug-likeness (QED) is 0.652. The fourth-order valence-corrected chi connectivity index (χ4v) is 7.05. The van der Waals surface area contributed by atoms with E-state index < -0.39 is 10.0 Å². The molecular formula is C22H32N4O3S2. The van der Waals surface area contributed by atoms with Crippen molar-refractivity contribution in [1.82, 2.24) is 15.0 Å². The fraction of sp³-hybridized carbons (Fsp3) is 0.591. The summed E-state index contributed by atoms with van der Waals surface area (Å²) in [7, 11) is -0.0708. The van der Waals surface area contributed by atoms with E-state index in [-0.39, 0.29) is 10.9 Å². The van der Waals surface area contributed by atoms with Crippen LogP contribution in [0.3, 0.4) is 0 Å². The highest BCUT2D eigenvalue weighted by Crippen LogP contribution is 2.39. The summed E-state index contributed by atoms with van der Waals surface area (Å²) in [5, 5.41) is 4.19. The Kier molecular flexibility index (Phi) is 6.86. The number of methoxy groups -OCH3 is 1. The lowest BCUT2D eigenvalue weighted by Gasteiger charge is -2.30. The van der Waals surface area contributed by atoms with E-state index in [4.69, 9.17) is 9.72 Å². The summed E-state index contributed by atoms with van der Waals surface area (Å²) in [5.41, 5.74) is 1.77. The number of nitrogens with zero attached hydrogens (tertiary/aromatic N) is 2. The number of aryl methyl sites for hydroxylation is 1. The fourth-order valence-electron chi connectivity index (χ4n) is 4.49. The number of anilines is 1. The molecule has 7 nitrogen and oxygen atoms in total. The number of nitrogens with one attached hydrogen (secondary N) is 2. The van der Waals surface area contributed by atoms with E-state index in [0.29, 0.717) is 18.3 Å². The summed E-state index contributed by atoms with van der Waals surface area (Å²) < 4.78 is 34.4. The number of ether oxygens (including phenoxy) is 1. The molecule has 9 heteroatoms. The van der Waals surface area contributed by atoms with Crippen LogP contribution in [0.2, 0.25) is 0 Å². The molecule has 0 bridgehead atoms. The normalized spacial score (nSPS) is 20.2. The molecule has 1 aromatic carbocycles. The molecule has 1 saturated heterocycles. The number of aromatic nitrogens is 1. The van der Waals surface area contributed by atoms with Gasteiger partial charge in [0.2, 0.25) is 10.0 Å². The van der Waals surface area contributed by atoms with Gasteiger partial charge in [-0.3, -0.25) is 0 Å². The van der Waals surface area contributed by atoms with Gasteiger partial charge < -0.3 is 15.0 Å². The molecule has 31 heavy (non-hydrogen) atoms. The molecule has 0 unspecified atom stereocenters. The summed E-state index contributed by atoms with van der Waals surface area (Å²) in [6.45, 7) is 3.46. The number of rotatable bonds is 7. The molecule has 1 aromatic heterocycles. The Morgan fingerprint density at radius 2 is 2.00 bits per heavy atom. The van der Waals surface area contributed by atoms with Crippen molar-refractivity contribution in [2.45, 2.75) is 62.4 Å². The Morgan fingerprint density at radius 1 is 1.23 bits per heavy atom. The third-order valence-electron chi connectivity index (χ3n) is 6.31. The van der Waals surface area contributed by atoms with Crippen LogP contribution >= 0.6 is 11.3 Å². The summed E-state index contributed by atoms with van der Waals surface area (Å²) in [6.07, 6.45) is 7.06. The second-order valence-electron chi connectivity index (χ2n) is 8.49. The highest BCUT2D eigenvalue weighted by molar-refractivity contribution is 7.89. The molecule has 4 rings (SSSR count). The van der Waals surface area contributed by atoms with Gasteiger partial charge in [0.25, 0.3) is 0 Å². The number of benzene rings is 1. The number of hydrogen-bond donors (Lipinski definition) is 2. The molecule has 170 valence electrons. The van der Waals surface area contributed by atoms with Crippen LogP contribution in [0.25, 0.3) is 10.4 Å². The summed E-state index contributed by atoms with van der Waals surface area (Å²) in [5.74, 6) is 0.351. The zero-order valence-electron chi connectivity index (χ0n) is 18.5. The monoisotopic (exact) mass is 464 g/mol. The van der Waals surface area contributed by atoms with Gasteiger partial charge in [-0.15, -0.1) is 0 Å². The molecule has 2 N–H and O–H groups in total. The lowest BCUT2D eigenvalue weighted by molar-refractivity contribution is 0.402. The van der Waals surface area contributed by atoms with Crippen molar-refractivity contribution in [3.63, 3.8) is 0 Å². The second kappa shape index (κ2) is 9.44. The highest BCUT2D eigenvalue weighted by Gasteiger charge is 2.27. The minimum absolute atomic E-state index is 0.0979. The van der Waals surface area contributed by atoms with E-state index in [1.807, 2.05) is 13.0 Å². The van der Waals surface area contributed by atoms with Crippen LogP contribution in [0.5, 0.6) is 5.75 Å². The molecular weight excluding hydrogens is 432 g/mol. The third-order valence-corrected chi connectivity index (χ3v) is 9.15. The van der Waals surface area contributed by atoms with E-state index in [9.17, 15) is 8.42 Å². The van der Waals surface area contributed by atoms with Gasteiger partial charge in [-0.2, -0.15) is 0 Å². The van der Waals surface area contributed by atoms with E-state index >= 15 is 0 Å². The Hall–Kier alpha value is -1.68. The first-order valence-corrected chi connectivity index (χ1v) is 13.3. The van der Waals surface area contributed by atoms with Crippen molar-refractivity contribution in [2.75, 3.05) is 32.1 Å². The number of sulfonamides is 1. The van der Waals surface area contributed by atoms with Gasteiger partial charge in [0.1, 0.15) is 10.6 Å². The molecule has 1 aliphatic heterocycles. The maximum Gasteiger partial charge on any atom is 0.244 e. The molecule has 1 atom stereocenters. The van der Waals surface area contributed by atoms with Gasteiger partial charge in [-0.1, -0.05) is 30.6 Å². The van der Waals surface area contributed by atoms with Crippen molar-refractivity contribution < 1.29 is 13.2 Å². The number of thiazole rings is 1. The molecule has 2 heterocycles. The Balaban J connectivity index is 1.64. The molecule has 2 aliphatic rings. The molecule has 2 fully saturated rings. The third kappa shape index (κ3) is 4.89. The summed E-state index contributed by atoms with van der Waals surface area (Å²) in [6, 6.07) is 5.80. The molecule has 0 spiro atoms. The van der Waals surface area contributed by atoms with Crippen LogP contribution in [0.1, 0.15) is 44.2 Å². The standard InChI is InChI=1S/C22H32N4O3S2/c1-15-21(30-22(24-15)26(2)18-7-5-4-6-8-18)16-9-10-19(29-3)20(13-16)31(27,28)25-17-11-12-23-14-17/h9-10,13,17-18,23,25H,4-8,11-12,14H2,1-3H3/t17-/m1/s1. The van der Waals surface area contributed by atoms with E-state index in [2.05, 4.69) is 22.0 Å². The lowest BCUT2D eigenvalue weighted by atomic mass is 9.95. The van der Waals surface area contributed by atoms with Crippen LogP contribution < -0.4 is 19.7 Å². The van der Waals surface area contributed by atoms with Crippen LogP contribution in [0, 0.1) is 6.92 Å². The van der Waals surface area contributed by atoms with E-state index in [1.54, 1.807) is 23.5 Å². The first-order valence-electron chi connectivity index (χ1n) is 11.0. The van der Waals surface area contributed by atoms with Gasteiger partial charge in [0.05, 0.1) is 17.7 Å². The minimum Gasteiger partial charge on any atom is -0.495 e. The van der Waals surface area contributed by atoms with Crippen LogP contribution in [-0.2, 0) is 10.0 Å². The SMILES string of the molecule is COc1ccc(-c2sc(N(C)C3CCCCC3)nc2C)cc1S(=O)(=O)N[C@@H]1CCNC1. The average Bonchev–Trinajstić information content (AvgIpc) is 3.42.